The predicted octanol–water partition coefficient (Wildman–Crippen LogP) is 4.93. The van der Waals surface area contributed by atoms with Crippen LogP contribution in [0.3, 0.4) is 0 Å². The summed E-state index contributed by atoms with van der Waals surface area (Å²) >= 11 is 2.83. The number of rotatable bonds is 9. The quantitative estimate of drug-likeness (QED) is 0.347. The molecule has 1 aromatic heterocycles. The number of carbonyl (C=O) groups excluding carboxylic acids is 2. The van der Waals surface area contributed by atoms with Gasteiger partial charge in [-0.15, -0.1) is 11.3 Å². The van der Waals surface area contributed by atoms with Gasteiger partial charge in [-0.05, 0) is 23.4 Å². The van der Waals surface area contributed by atoms with E-state index in [4.69, 9.17) is 0 Å². The molecule has 0 unspecified atom stereocenters. The maximum atomic E-state index is 12.4. The Morgan fingerprint density at radius 1 is 0.906 bits per heavy atom. The zero-order valence-electron chi connectivity index (χ0n) is 17.4. The van der Waals surface area contributed by atoms with Gasteiger partial charge in [0.2, 0.25) is 11.8 Å². The van der Waals surface area contributed by atoms with Gasteiger partial charge < -0.3 is 10.6 Å². The van der Waals surface area contributed by atoms with E-state index in [2.05, 4.69) is 15.6 Å². The van der Waals surface area contributed by atoms with Gasteiger partial charge in [-0.25, -0.2) is 4.98 Å². The summed E-state index contributed by atoms with van der Waals surface area (Å²) in [5.74, 6) is 0.137. The van der Waals surface area contributed by atoms with Crippen LogP contribution in [0.5, 0.6) is 0 Å². The molecule has 0 aliphatic carbocycles. The summed E-state index contributed by atoms with van der Waals surface area (Å²) in [5, 5.41) is 9.90. The molecule has 0 aliphatic heterocycles. The number of fused-ring (bicyclic) bond motifs is 1. The largest absolute Gasteiger partial charge is 0.355 e. The molecule has 2 N–H and O–H groups in total. The van der Waals surface area contributed by atoms with E-state index in [1.165, 1.54) is 28.7 Å². The van der Waals surface area contributed by atoms with Crippen LogP contribution in [0.2, 0.25) is 0 Å². The Morgan fingerprint density at radius 2 is 1.69 bits per heavy atom. The summed E-state index contributed by atoms with van der Waals surface area (Å²) in [5.41, 5.74) is 2.73. The van der Waals surface area contributed by atoms with Crippen molar-refractivity contribution >= 4 is 51.4 Å². The minimum atomic E-state index is -0.0817. The van der Waals surface area contributed by atoms with Gasteiger partial charge in [0.25, 0.3) is 0 Å². The second-order valence-corrected chi connectivity index (χ2v) is 9.31. The molecule has 2 amide bonds. The van der Waals surface area contributed by atoms with Crippen LogP contribution < -0.4 is 10.6 Å². The molecule has 0 fully saturated rings. The fourth-order valence-corrected chi connectivity index (χ4v) is 4.95. The number of aromatic nitrogens is 1. The highest BCUT2D eigenvalue weighted by atomic mass is 32.2. The maximum Gasteiger partial charge on any atom is 0.234 e. The minimum Gasteiger partial charge on any atom is -0.355 e. The molecule has 3 aromatic carbocycles. The highest BCUT2D eigenvalue weighted by Crippen LogP contribution is 2.25. The van der Waals surface area contributed by atoms with E-state index in [1.54, 1.807) is 0 Å². The van der Waals surface area contributed by atoms with Crippen molar-refractivity contribution in [2.45, 2.75) is 17.2 Å². The van der Waals surface area contributed by atoms with Crippen LogP contribution in [0.25, 0.3) is 10.8 Å². The van der Waals surface area contributed by atoms with Crippen molar-refractivity contribution in [1.29, 1.82) is 0 Å². The zero-order valence-corrected chi connectivity index (χ0v) is 19.0. The van der Waals surface area contributed by atoms with Gasteiger partial charge in [0.15, 0.2) is 4.34 Å². The van der Waals surface area contributed by atoms with Crippen molar-refractivity contribution < 1.29 is 9.59 Å². The number of nitrogens with zero attached hydrogens (tertiary/aromatic N) is 1. The van der Waals surface area contributed by atoms with E-state index in [0.29, 0.717) is 6.54 Å². The monoisotopic (exact) mass is 461 g/mol. The fraction of sp³-hybridized carbons (Fsp3) is 0.160. The van der Waals surface area contributed by atoms with Crippen LogP contribution in [0.4, 0.5) is 5.69 Å². The second-order valence-electron chi connectivity index (χ2n) is 7.23. The normalized spacial score (nSPS) is 10.8. The topological polar surface area (TPSA) is 71.1 Å². The number of thiazole rings is 1. The highest BCUT2D eigenvalue weighted by molar-refractivity contribution is 8.01. The summed E-state index contributed by atoms with van der Waals surface area (Å²) in [6.45, 7) is 0.600. The van der Waals surface area contributed by atoms with E-state index in [1.807, 2.05) is 78.2 Å². The van der Waals surface area contributed by atoms with Gasteiger partial charge in [-0.3, -0.25) is 9.59 Å². The fourth-order valence-electron chi connectivity index (χ4n) is 3.30. The Bertz CT molecular complexity index is 1200. The first kappa shape index (κ1) is 22.0. The molecule has 7 heteroatoms. The first-order valence-corrected chi connectivity index (χ1v) is 12.2. The number of benzene rings is 3. The van der Waals surface area contributed by atoms with E-state index >= 15 is 0 Å². The summed E-state index contributed by atoms with van der Waals surface area (Å²) in [7, 11) is 0. The van der Waals surface area contributed by atoms with Crippen molar-refractivity contribution in [1.82, 2.24) is 10.3 Å². The number of hydrogen-bond donors (Lipinski definition) is 2. The smallest absolute Gasteiger partial charge is 0.234 e. The Morgan fingerprint density at radius 3 is 2.56 bits per heavy atom. The Balaban J connectivity index is 1.22. The molecular formula is C25H23N3O2S2. The Kier molecular flexibility index (Phi) is 7.53. The molecule has 0 saturated heterocycles. The lowest BCUT2D eigenvalue weighted by Crippen LogP contribution is -2.27. The number of anilines is 1. The number of hydrogen-bond acceptors (Lipinski definition) is 5. The van der Waals surface area contributed by atoms with E-state index in [-0.39, 0.29) is 24.0 Å². The van der Waals surface area contributed by atoms with E-state index < -0.39 is 0 Å². The molecule has 0 radical (unpaired) electrons. The Hall–Kier alpha value is -3.16. The first-order chi connectivity index (χ1) is 15.7. The minimum absolute atomic E-state index is 0.0449. The molecule has 0 bridgehead atoms. The molecule has 1 heterocycles. The Labute approximate surface area is 195 Å². The molecule has 0 saturated carbocycles. The number of amides is 2. The molecule has 0 atom stereocenters. The van der Waals surface area contributed by atoms with Gasteiger partial charge in [0, 0.05) is 23.0 Å². The van der Waals surface area contributed by atoms with E-state index in [9.17, 15) is 9.59 Å². The number of carbonyl (C=O) groups is 2. The summed E-state index contributed by atoms with van der Waals surface area (Å²) in [6, 6.07) is 23.9. The molecule has 32 heavy (non-hydrogen) atoms. The van der Waals surface area contributed by atoms with Gasteiger partial charge in [0.05, 0.1) is 17.9 Å². The third kappa shape index (κ3) is 6.18. The average Bonchev–Trinajstić information content (AvgIpc) is 3.26. The first-order valence-electron chi connectivity index (χ1n) is 10.3. The van der Waals surface area contributed by atoms with Crippen molar-refractivity contribution in [3.63, 3.8) is 0 Å². The van der Waals surface area contributed by atoms with Crippen LogP contribution in [-0.2, 0) is 22.4 Å². The average molecular weight is 462 g/mol. The van der Waals surface area contributed by atoms with Crippen LogP contribution in [0.1, 0.15) is 11.3 Å². The summed E-state index contributed by atoms with van der Waals surface area (Å²) in [6.07, 6.45) is 1.05. The van der Waals surface area contributed by atoms with Crippen molar-refractivity contribution in [2.75, 3.05) is 17.6 Å². The van der Waals surface area contributed by atoms with Crippen molar-refractivity contribution in [2.24, 2.45) is 0 Å². The van der Waals surface area contributed by atoms with Crippen molar-refractivity contribution in [3.8, 4) is 0 Å². The second kappa shape index (κ2) is 10.9. The lowest BCUT2D eigenvalue weighted by molar-refractivity contribution is -0.120. The SMILES string of the molecule is O=C(Cc1csc(SCC(=O)Nc2cccc3ccccc23)n1)NCCc1ccccc1. The number of nitrogens with one attached hydrogen (secondary N) is 2. The molecule has 0 aliphatic rings. The molecular weight excluding hydrogens is 438 g/mol. The van der Waals surface area contributed by atoms with Crippen LogP contribution >= 0.6 is 23.1 Å². The van der Waals surface area contributed by atoms with Gasteiger partial charge >= 0.3 is 0 Å². The maximum absolute atomic E-state index is 12.4. The van der Waals surface area contributed by atoms with E-state index in [0.717, 1.165) is 32.9 Å². The van der Waals surface area contributed by atoms with Gasteiger partial charge in [-0.2, -0.15) is 0 Å². The highest BCUT2D eigenvalue weighted by Gasteiger charge is 2.11. The van der Waals surface area contributed by atoms with Crippen LogP contribution in [0, 0.1) is 0 Å². The van der Waals surface area contributed by atoms with Crippen molar-refractivity contribution in [3.05, 3.63) is 89.4 Å². The third-order valence-corrected chi connectivity index (χ3v) is 6.91. The zero-order chi connectivity index (χ0) is 22.2. The van der Waals surface area contributed by atoms with Crippen LogP contribution in [-0.4, -0.2) is 29.1 Å². The molecule has 5 nitrogen and oxygen atoms in total. The molecule has 4 aromatic rings. The summed E-state index contributed by atoms with van der Waals surface area (Å²) < 4.78 is 0.783. The van der Waals surface area contributed by atoms with Gasteiger partial charge in [0.1, 0.15) is 0 Å². The van der Waals surface area contributed by atoms with Crippen LogP contribution in [0.15, 0.2) is 82.5 Å². The predicted molar refractivity (Wildman–Crippen MR) is 132 cm³/mol. The number of thioether (sulfide) groups is 1. The lowest BCUT2D eigenvalue weighted by atomic mass is 10.1. The third-order valence-electron chi connectivity index (χ3n) is 4.84. The molecule has 4 rings (SSSR count). The van der Waals surface area contributed by atoms with Gasteiger partial charge in [-0.1, -0.05) is 78.5 Å². The molecule has 162 valence electrons. The lowest BCUT2D eigenvalue weighted by Gasteiger charge is -2.08. The molecule has 0 spiro atoms. The summed E-state index contributed by atoms with van der Waals surface area (Å²) in [4.78, 5) is 29.1. The standard InChI is InChI=1S/C25H23N3O2S2/c29-23(26-14-13-18-7-2-1-3-8-18)15-20-16-31-25(27-20)32-17-24(30)28-22-12-6-10-19-9-4-5-11-21(19)22/h1-12,16H,13-15,17H2,(H,26,29)(H,28,30).